The highest BCUT2D eigenvalue weighted by atomic mass is 16.1. The van der Waals surface area contributed by atoms with Crippen LogP contribution in [0.1, 0.15) is 13.3 Å². The first kappa shape index (κ1) is 8.71. The zero-order valence-electron chi connectivity index (χ0n) is 7.16. The van der Waals surface area contributed by atoms with Crippen LogP contribution in [-0.2, 0) is 6.54 Å². The van der Waals surface area contributed by atoms with Crippen molar-refractivity contribution in [3.05, 3.63) is 41.1 Å². The third-order valence-electron chi connectivity index (χ3n) is 1.56. The van der Waals surface area contributed by atoms with Gasteiger partial charge in [-0.25, -0.2) is 9.78 Å². The lowest BCUT2D eigenvalue weighted by Crippen LogP contribution is -2.21. The number of hydrogen-bond donors (Lipinski definition) is 0. The second-order valence-electron chi connectivity index (χ2n) is 2.80. The van der Waals surface area contributed by atoms with Gasteiger partial charge in [0.1, 0.15) is 0 Å². The van der Waals surface area contributed by atoms with Crippen molar-refractivity contribution in [2.24, 2.45) is 0 Å². The zero-order valence-corrected chi connectivity index (χ0v) is 7.16. The molecule has 0 aliphatic carbocycles. The molecule has 12 heavy (non-hydrogen) atoms. The Hall–Kier alpha value is -1.38. The summed E-state index contributed by atoms with van der Waals surface area (Å²) in [4.78, 5) is 14.7. The topological polar surface area (TPSA) is 34.9 Å². The van der Waals surface area contributed by atoms with E-state index in [4.69, 9.17) is 0 Å². The van der Waals surface area contributed by atoms with Crippen LogP contribution in [0.2, 0.25) is 0 Å². The second kappa shape index (κ2) is 3.85. The molecule has 0 aromatic carbocycles. The SMILES string of the molecule is C=C(C)CCn1cccnc1=O. The Morgan fingerprint density at radius 2 is 2.50 bits per heavy atom. The van der Waals surface area contributed by atoms with Crippen LogP contribution >= 0.6 is 0 Å². The summed E-state index contributed by atoms with van der Waals surface area (Å²) in [5.41, 5.74) is 0.879. The van der Waals surface area contributed by atoms with Gasteiger partial charge in [0.05, 0.1) is 0 Å². The summed E-state index contributed by atoms with van der Waals surface area (Å²) in [7, 11) is 0. The lowest BCUT2D eigenvalue weighted by molar-refractivity contribution is 0.646. The largest absolute Gasteiger partial charge is 0.347 e. The minimum absolute atomic E-state index is 0.196. The Morgan fingerprint density at radius 3 is 3.08 bits per heavy atom. The summed E-state index contributed by atoms with van der Waals surface area (Å²) in [6.45, 7) is 6.38. The molecular formula is C9H12N2O. The first-order valence-electron chi connectivity index (χ1n) is 3.86. The molecule has 0 spiro atoms. The molecule has 0 atom stereocenters. The lowest BCUT2D eigenvalue weighted by atomic mass is 10.2. The highest BCUT2D eigenvalue weighted by molar-refractivity contribution is 4.89. The molecule has 3 nitrogen and oxygen atoms in total. The van der Waals surface area contributed by atoms with Gasteiger partial charge in [0, 0.05) is 18.9 Å². The van der Waals surface area contributed by atoms with Crippen molar-refractivity contribution in [3.63, 3.8) is 0 Å². The van der Waals surface area contributed by atoms with Gasteiger partial charge >= 0.3 is 5.69 Å². The Kier molecular flexibility index (Phi) is 2.80. The van der Waals surface area contributed by atoms with Gasteiger partial charge in [-0.1, -0.05) is 5.57 Å². The van der Waals surface area contributed by atoms with E-state index in [-0.39, 0.29) is 5.69 Å². The summed E-state index contributed by atoms with van der Waals surface area (Å²) >= 11 is 0. The fourth-order valence-electron chi connectivity index (χ4n) is 0.869. The smallest absolute Gasteiger partial charge is 0.299 e. The van der Waals surface area contributed by atoms with E-state index < -0.39 is 0 Å². The summed E-state index contributed by atoms with van der Waals surface area (Å²) in [6.07, 6.45) is 4.06. The first-order valence-corrected chi connectivity index (χ1v) is 3.86. The van der Waals surface area contributed by atoms with E-state index in [1.807, 2.05) is 6.92 Å². The first-order chi connectivity index (χ1) is 5.70. The second-order valence-corrected chi connectivity index (χ2v) is 2.80. The molecule has 0 unspecified atom stereocenters. The van der Waals surface area contributed by atoms with Gasteiger partial charge in [-0.3, -0.25) is 4.57 Å². The van der Waals surface area contributed by atoms with E-state index in [0.29, 0.717) is 6.54 Å². The van der Waals surface area contributed by atoms with Crippen molar-refractivity contribution in [2.45, 2.75) is 19.9 Å². The molecule has 1 aromatic heterocycles. The van der Waals surface area contributed by atoms with E-state index in [1.165, 1.54) is 6.20 Å². The number of hydrogen-bond acceptors (Lipinski definition) is 2. The monoisotopic (exact) mass is 164 g/mol. The molecule has 0 amide bonds. The van der Waals surface area contributed by atoms with Crippen molar-refractivity contribution in [3.8, 4) is 0 Å². The van der Waals surface area contributed by atoms with Gasteiger partial charge in [0.2, 0.25) is 0 Å². The molecule has 0 aliphatic heterocycles. The molecule has 0 fully saturated rings. The summed E-state index contributed by atoms with van der Waals surface area (Å²) in [6, 6.07) is 1.75. The number of aryl methyl sites for hydroxylation is 1. The highest BCUT2D eigenvalue weighted by Gasteiger charge is 1.93. The Labute approximate surface area is 71.4 Å². The van der Waals surface area contributed by atoms with E-state index in [2.05, 4.69) is 11.6 Å². The molecule has 0 radical (unpaired) electrons. The Bertz CT molecular complexity index is 327. The summed E-state index contributed by atoms with van der Waals surface area (Å²) in [5.74, 6) is 0. The van der Waals surface area contributed by atoms with Gasteiger partial charge in [-0.2, -0.15) is 0 Å². The van der Waals surface area contributed by atoms with Crippen LogP contribution in [0.15, 0.2) is 35.4 Å². The van der Waals surface area contributed by atoms with Gasteiger partial charge in [-0.05, 0) is 19.4 Å². The van der Waals surface area contributed by atoms with E-state index in [9.17, 15) is 4.79 Å². The van der Waals surface area contributed by atoms with Crippen LogP contribution < -0.4 is 5.69 Å². The van der Waals surface area contributed by atoms with Gasteiger partial charge in [0.25, 0.3) is 0 Å². The maximum atomic E-state index is 11.1. The third-order valence-corrected chi connectivity index (χ3v) is 1.56. The standard InChI is InChI=1S/C9H12N2O/c1-8(2)4-7-11-6-3-5-10-9(11)12/h3,5-6H,1,4,7H2,2H3. The van der Waals surface area contributed by atoms with Crippen molar-refractivity contribution in [1.82, 2.24) is 9.55 Å². The van der Waals surface area contributed by atoms with Crippen LogP contribution in [-0.4, -0.2) is 9.55 Å². The predicted octanol–water partition coefficient (Wildman–Crippen LogP) is 1.21. The van der Waals surface area contributed by atoms with Crippen molar-refractivity contribution in [2.75, 3.05) is 0 Å². The average Bonchev–Trinajstić information content (AvgIpc) is 2.03. The van der Waals surface area contributed by atoms with Crippen LogP contribution in [0, 0.1) is 0 Å². The maximum Gasteiger partial charge on any atom is 0.347 e. The van der Waals surface area contributed by atoms with Crippen molar-refractivity contribution >= 4 is 0 Å². The quantitative estimate of drug-likeness (QED) is 0.629. The van der Waals surface area contributed by atoms with Crippen LogP contribution in [0.3, 0.4) is 0 Å². The average molecular weight is 164 g/mol. The van der Waals surface area contributed by atoms with E-state index in [0.717, 1.165) is 12.0 Å². The van der Waals surface area contributed by atoms with E-state index >= 15 is 0 Å². The molecule has 64 valence electrons. The number of nitrogens with zero attached hydrogens (tertiary/aromatic N) is 2. The summed E-state index contributed by atoms with van der Waals surface area (Å²) in [5, 5.41) is 0. The molecule has 0 N–H and O–H groups in total. The predicted molar refractivity (Wildman–Crippen MR) is 47.9 cm³/mol. The van der Waals surface area contributed by atoms with Crippen molar-refractivity contribution < 1.29 is 0 Å². The fraction of sp³-hybridized carbons (Fsp3) is 0.333. The zero-order chi connectivity index (χ0) is 8.97. The van der Waals surface area contributed by atoms with Gasteiger partial charge in [-0.15, -0.1) is 6.58 Å². The molecule has 0 aliphatic rings. The molecular weight excluding hydrogens is 152 g/mol. The minimum atomic E-state index is -0.196. The molecule has 0 saturated carbocycles. The third kappa shape index (κ3) is 2.34. The van der Waals surface area contributed by atoms with Crippen LogP contribution in [0.5, 0.6) is 0 Å². The minimum Gasteiger partial charge on any atom is -0.299 e. The van der Waals surface area contributed by atoms with Gasteiger partial charge in [0.15, 0.2) is 0 Å². The highest BCUT2D eigenvalue weighted by Crippen LogP contribution is 1.96. The molecule has 1 rings (SSSR count). The Morgan fingerprint density at radius 1 is 1.75 bits per heavy atom. The number of allylic oxidation sites excluding steroid dienone is 1. The Balaban J connectivity index is 2.70. The van der Waals surface area contributed by atoms with E-state index in [1.54, 1.807) is 16.8 Å². The normalized spacial score (nSPS) is 9.75. The van der Waals surface area contributed by atoms with Crippen LogP contribution in [0.4, 0.5) is 0 Å². The number of rotatable bonds is 3. The van der Waals surface area contributed by atoms with Crippen molar-refractivity contribution in [1.29, 1.82) is 0 Å². The molecule has 1 heterocycles. The fourth-order valence-corrected chi connectivity index (χ4v) is 0.869. The maximum absolute atomic E-state index is 11.1. The molecule has 3 heteroatoms. The molecule has 0 saturated heterocycles. The lowest BCUT2D eigenvalue weighted by Gasteiger charge is -2.02. The van der Waals surface area contributed by atoms with Gasteiger partial charge < -0.3 is 0 Å². The number of aromatic nitrogens is 2. The summed E-state index contributed by atoms with van der Waals surface area (Å²) < 4.78 is 1.58. The van der Waals surface area contributed by atoms with Crippen LogP contribution in [0.25, 0.3) is 0 Å². The molecule has 1 aromatic rings. The molecule has 0 bridgehead atoms.